The van der Waals surface area contributed by atoms with E-state index in [1.165, 1.54) is 0 Å². The van der Waals surface area contributed by atoms with E-state index in [0.29, 0.717) is 0 Å². The fourth-order valence-electron chi connectivity index (χ4n) is 1.03. The van der Waals surface area contributed by atoms with E-state index in [2.05, 4.69) is 11.6 Å². The van der Waals surface area contributed by atoms with E-state index in [1.807, 2.05) is 26.0 Å². The van der Waals surface area contributed by atoms with Crippen molar-refractivity contribution in [2.75, 3.05) is 0 Å². The Morgan fingerprint density at radius 3 is 2.70 bits per heavy atom. The highest BCUT2D eigenvalue weighted by Gasteiger charge is 1.85. The Balaban J connectivity index is 3.63. The summed E-state index contributed by atoms with van der Waals surface area (Å²) in [5.41, 5.74) is 1.05. The number of pyridine rings is 1. The fraction of sp³-hybridized carbons (Fsp3) is 0.222. The lowest BCUT2D eigenvalue weighted by Crippen LogP contribution is -2.26. The lowest BCUT2D eigenvalue weighted by molar-refractivity contribution is 1.15. The van der Waals surface area contributed by atoms with Crippen LogP contribution in [-0.4, -0.2) is 4.98 Å². The van der Waals surface area contributed by atoms with Crippen LogP contribution in [0.2, 0.25) is 0 Å². The zero-order valence-corrected chi connectivity index (χ0v) is 6.39. The maximum atomic E-state index is 4.14. The summed E-state index contributed by atoms with van der Waals surface area (Å²) in [4.78, 5) is 4.14. The Labute approximate surface area is 60.7 Å². The van der Waals surface area contributed by atoms with E-state index >= 15 is 0 Å². The lowest BCUT2D eigenvalue weighted by atomic mass is 10.2. The van der Waals surface area contributed by atoms with E-state index in [9.17, 15) is 0 Å². The highest BCUT2D eigenvalue weighted by atomic mass is 14.6. The first-order chi connectivity index (χ1) is 4.75. The summed E-state index contributed by atoms with van der Waals surface area (Å²) >= 11 is 0. The molecule has 1 aromatic heterocycles. The molecule has 1 heteroatoms. The standard InChI is InChI=1S/C9H11N/c1-4-9-7(2)5-6-10-8(9)3/h4-6H,2H2,1,3H3/b9-4+. The molecule has 1 heterocycles. The van der Waals surface area contributed by atoms with Crippen LogP contribution in [0.5, 0.6) is 0 Å². The molecular formula is C9H11N. The van der Waals surface area contributed by atoms with Crippen molar-refractivity contribution < 1.29 is 0 Å². The van der Waals surface area contributed by atoms with Crippen LogP contribution < -0.4 is 10.4 Å². The molecule has 0 saturated carbocycles. The predicted octanol–water partition coefficient (Wildman–Crippen LogP) is 0.601. The average Bonchev–Trinajstić information content (AvgIpc) is 1.88. The van der Waals surface area contributed by atoms with Gasteiger partial charge in [-0.15, -0.1) is 0 Å². The van der Waals surface area contributed by atoms with Gasteiger partial charge in [0.2, 0.25) is 0 Å². The smallest absolute Gasteiger partial charge is 0.0447 e. The maximum absolute atomic E-state index is 4.14. The summed E-state index contributed by atoms with van der Waals surface area (Å²) in [6.45, 7) is 7.87. The number of aryl methyl sites for hydroxylation is 1. The Morgan fingerprint density at radius 1 is 1.60 bits per heavy atom. The molecule has 10 heavy (non-hydrogen) atoms. The Morgan fingerprint density at radius 2 is 2.30 bits per heavy atom. The van der Waals surface area contributed by atoms with E-state index < -0.39 is 0 Å². The highest BCUT2D eigenvalue weighted by molar-refractivity contribution is 5.25. The van der Waals surface area contributed by atoms with Crippen LogP contribution in [0.4, 0.5) is 0 Å². The lowest BCUT2D eigenvalue weighted by Gasteiger charge is -1.91. The number of hydrogen-bond donors (Lipinski definition) is 0. The minimum absolute atomic E-state index is 1.05. The largest absolute Gasteiger partial charge is 0.261 e. The Kier molecular flexibility index (Phi) is 1.86. The second-order valence-electron chi connectivity index (χ2n) is 2.26. The van der Waals surface area contributed by atoms with Gasteiger partial charge in [0.05, 0.1) is 0 Å². The maximum Gasteiger partial charge on any atom is 0.0447 e. The van der Waals surface area contributed by atoms with Crippen molar-refractivity contribution in [2.24, 2.45) is 0 Å². The molecule has 0 N–H and O–H groups in total. The van der Waals surface area contributed by atoms with Crippen molar-refractivity contribution in [1.29, 1.82) is 0 Å². The molecule has 0 bridgehead atoms. The molecule has 0 fully saturated rings. The van der Waals surface area contributed by atoms with Crippen LogP contribution in [0.1, 0.15) is 12.6 Å². The van der Waals surface area contributed by atoms with Gasteiger partial charge in [0, 0.05) is 11.9 Å². The minimum Gasteiger partial charge on any atom is -0.261 e. The van der Waals surface area contributed by atoms with E-state index in [1.54, 1.807) is 6.20 Å². The van der Waals surface area contributed by atoms with Gasteiger partial charge in [-0.25, -0.2) is 0 Å². The minimum atomic E-state index is 1.05. The third-order valence-corrected chi connectivity index (χ3v) is 1.57. The molecule has 0 saturated heterocycles. The van der Waals surface area contributed by atoms with Crippen molar-refractivity contribution in [3.8, 4) is 0 Å². The van der Waals surface area contributed by atoms with Crippen LogP contribution in [-0.2, 0) is 0 Å². The van der Waals surface area contributed by atoms with Crippen LogP contribution in [0.3, 0.4) is 0 Å². The molecule has 0 aliphatic rings. The summed E-state index contributed by atoms with van der Waals surface area (Å²) in [6, 6.07) is 1.92. The quantitative estimate of drug-likeness (QED) is 0.505. The predicted molar refractivity (Wildman–Crippen MR) is 43.9 cm³/mol. The fourth-order valence-corrected chi connectivity index (χ4v) is 1.03. The molecule has 0 aliphatic carbocycles. The van der Waals surface area contributed by atoms with Crippen LogP contribution >= 0.6 is 0 Å². The number of rotatable bonds is 0. The zero-order valence-electron chi connectivity index (χ0n) is 6.39. The van der Waals surface area contributed by atoms with Crippen molar-refractivity contribution in [3.63, 3.8) is 0 Å². The van der Waals surface area contributed by atoms with E-state index in [-0.39, 0.29) is 0 Å². The molecule has 0 aliphatic heterocycles. The van der Waals surface area contributed by atoms with E-state index in [4.69, 9.17) is 0 Å². The summed E-state index contributed by atoms with van der Waals surface area (Å²) in [7, 11) is 0. The van der Waals surface area contributed by atoms with Crippen LogP contribution in [0.15, 0.2) is 12.3 Å². The second kappa shape index (κ2) is 2.65. The SMILES string of the molecule is C=c1ccnc(C)/c1=C/C. The highest BCUT2D eigenvalue weighted by Crippen LogP contribution is 1.74. The molecule has 1 aromatic rings. The first-order valence-corrected chi connectivity index (χ1v) is 3.32. The van der Waals surface area contributed by atoms with Gasteiger partial charge < -0.3 is 0 Å². The molecule has 0 spiro atoms. The molecule has 1 rings (SSSR count). The van der Waals surface area contributed by atoms with Gasteiger partial charge in [-0.1, -0.05) is 12.7 Å². The molecule has 52 valence electrons. The zero-order chi connectivity index (χ0) is 7.56. The first kappa shape index (κ1) is 7.00. The summed E-state index contributed by atoms with van der Waals surface area (Å²) in [5.74, 6) is 0. The third-order valence-electron chi connectivity index (χ3n) is 1.57. The van der Waals surface area contributed by atoms with Gasteiger partial charge in [-0.05, 0) is 30.4 Å². The summed E-state index contributed by atoms with van der Waals surface area (Å²) in [6.07, 6.45) is 3.81. The topological polar surface area (TPSA) is 12.9 Å². The number of hydrogen-bond acceptors (Lipinski definition) is 1. The average molecular weight is 133 g/mol. The van der Waals surface area contributed by atoms with Gasteiger partial charge in [0.15, 0.2) is 0 Å². The van der Waals surface area contributed by atoms with Gasteiger partial charge in [-0.3, -0.25) is 4.98 Å². The van der Waals surface area contributed by atoms with Crippen molar-refractivity contribution in [3.05, 3.63) is 28.4 Å². The Bertz CT molecular complexity index is 325. The van der Waals surface area contributed by atoms with Crippen LogP contribution in [0.25, 0.3) is 12.7 Å². The Hall–Kier alpha value is -1.11. The van der Waals surface area contributed by atoms with Gasteiger partial charge in [0.1, 0.15) is 0 Å². The van der Waals surface area contributed by atoms with Crippen molar-refractivity contribution in [1.82, 2.24) is 4.98 Å². The van der Waals surface area contributed by atoms with Gasteiger partial charge in [0.25, 0.3) is 0 Å². The molecule has 0 radical (unpaired) electrons. The molecular weight excluding hydrogens is 122 g/mol. The molecule has 0 amide bonds. The van der Waals surface area contributed by atoms with Gasteiger partial charge in [-0.2, -0.15) is 0 Å². The molecule has 0 aromatic carbocycles. The monoisotopic (exact) mass is 133 g/mol. The van der Waals surface area contributed by atoms with Gasteiger partial charge >= 0.3 is 0 Å². The normalized spacial score (nSPS) is 12.0. The number of aromatic nitrogens is 1. The van der Waals surface area contributed by atoms with Crippen LogP contribution in [0, 0.1) is 6.92 Å². The molecule has 1 nitrogen and oxygen atoms in total. The third kappa shape index (κ3) is 1.08. The summed E-state index contributed by atoms with van der Waals surface area (Å²) in [5, 5.41) is 2.21. The number of nitrogens with zero attached hydrogens (tertiary/aromatic N) is 1. The van der Waals surface area contributed by atoms with E-state index in [0.717, 1.165) is 16.1 Å². The molecule has 0 atom stereocenters. The second-order valence-corrected chi connectivity index (χ2v) is 2.26. The van der Waals surface area contributed by atoms with Crippen molar-refractivity contribution in [2.45, 2.75) is 13.8 Å². The van der Waals surface area contributed by atoms with Crippen molar-refractivity contribution >= 4 is 12.7 Å². The summed E-state index contributed by atoms with van der Waals surface area (Å²) < 4.78 is 0. The first-order valence-electron chi connectivity index (χ1n) is 3.32. The molecule has 0 unspecified atom stereocenters.